The molecule has 0 radical (unpaired) electrons. The Hall–Kier alpha value is -2.43. The van der Waals surface area contributed by atoms with Gasteiger partial charge in [-0.25, -0.2) is 0 Å². The fraction of sp³-hybridized carbons (Fsp3) is 0.267. The Bertz CT molecular complexity index is 577. The van der Waals surface area contributed by atoms with Gasteiger partial charge in [0.25, 0.3) is 0 Å². The predicted molar refractivity (Wildman–Crippen MR) is 74.2 cm³/mol. The summed E-state index contributed by atoms with van der Waals surface area (Å²) < 4.78 is 10.4. The molecule has 0 fully saturated rings. The van der Waals surface area contributed by atoms with Crippen molar-refractivity contribution < 1.29 is 14.3 Å². The summed E-state index contributed by atoms with van der Waals surface area (Å²) in [6, 6.07) is 10.2. The summed E-state index contributed by atoms with van der Waals surface area (Å²) in [5.41, 5.74) is 0.823. The zero-order valence-electron chi connectivity index (χ0n) is 11.7. The molecule has 0 aliphatic carbocycles. The topological polar surface area (TPSA) is 61.3 Å². The van der Waals surface area contributed by atoms with Crippen LogP contribution in [0, 0.1) is 0 Å². The number of carbonyl (C=O) groups excluding carboxylic acids is 1. The molecule has 0 unspecified atom stereocenters. The van der Waals surface area contributed by atoms with Gasteiger partial charge in [-0.05, 0) is 44.2 Å². The maximum Gasteiger partial charge on any atom is 0.233 e. The van der Waals surface area contributed by atoms with Crippen molar-refractivity contribution in [1.82, 2.24) is 10.2 Å². The summed E-state index contributed by atoms with van der Waals surface area (Å²) in [5.74, 6) is 0.927. The minimum atomic E-state index is -0.184. The molecule has 0 N–H and O–H groups in total. The number of carbonyl (C=O) groups is 1. The molecule has 0 amide bonds. The second-order valence-electron chi connectivity index (χ2n) is 4.48. The molecule has 1 heterocycles. The Morgan fingerprint density at radius 3 is 2.25 bits per heavy atom. The Kier molecular flexibility index (Phi) is 4.30. The molecule has 2 aromatic rings. The van der Waals surface area contributed by atoms with Gasteiger partial charge in [0, 0.05) is 11.6 Å². The fourth-order valence-corrected chi connectivity index (χ4v) is 1.65. The summed E-state index contributed by atoms with van der Waals surface area (Å²) in [4.78, 5) is 12.2. The highest BCUT2D eigenvalue weighted by Crippen LogP contribution is 2.16. The van der Waals surface area contributed by atoms with E-state index >= 15 is 0 Å². The van der Waals surface area contributed by atoms with Crippen LogP contribution in [0.3, 0.4) is 0 Å². The quantitative estimate of drug-likeness (QED) is 0.783. The van der Waals surface area contributed by atoms with Crippen LogP contribution in [-0.4, -0.2) is 29.2 Å². The molecule has 0 spiro atoms. The van der Waals surface area contributed by atoms with Gasteiger partial charge >= 0.3 is 0 Å². The Morgan fingerprint density at radius 2 is 1.75 bits per heavy atom. The molecule has 5 heteroatoms. The summed E-state index contributed by atoms with van der Waals surface area (Å²) >= 11 is 0. The van der Waals surface area contributed by atoms with Gasteiger partial charge in [-0.3, -0.25) is 4.79 Å². The largest absolute Gasteiger partial charge is 0.491 e. The molecule has 20 heavy (non-hydrogen) atoms. The number of rotatable bonds is 5. The van der Waals surface area contributed by atoms with Crippen LogP contribution in [0.5, 0.6) is 11.6 Å². The van der Waals surface area contributed by atoms with Crippen LogP contribution in [0.1, 0.15) is 29.9 Å². The average Bonchev–Trinajstić information content (AvgIpc) is 2.47. The van der Waals surface area contributed by atoms with Gasteiger partial charge in [0.15, 0.2) is 0 Å². The molecular weight excluding hydrogens is 256 g/mol. The summed E-state index contributed by atoms with van der Waals surface area (Å²) in [6.45, 7) is 3.90. The Labute approximate surface area is 117 Å². The monoisotopic (exact) mass is 272 g/mol. The molecule has 0 bridgehead atoms. The number of ether oxygens (including phenoxy) is 2. The van der Waals surface area contributed by atoms with Crippen molar-refractivity contribution in [2.24, 2.45) is 0 Å². The number of ketones is 1. The first-order chi connectivity index (χ1) is 9.60. The highest BCUT2D eigenvalue weighted by molar-refractivity contribution is 6.07. The standard InChI is InChI=1S/C15H16N2O3/c1-10(2)20-12-6-4-11(5-7-12)15(18)13-8-9-14(19-3)17-16-13/h4-10H,1-3H3. The number of methoxy groups -OCH3 is 1. The minimum Gasteiger partial charge on any atom is -0.491 e. The van der Waals surface area contributed by atoms with Gasteiger partial charge in [0.2, 0.25) is 11.7 Å². The summed E-state index contributed by atoms with van der Waals surface area (Å²) in [5, 5.41) is 7.62. The van der Waals surface area contributed by atoms with Crippen molar-refractivity contribution in [2.45, 2.75) is 20.0 Å². The Morgan fingerprint density at radius 1 is 1.05 bits per heavy atom. The smallest absolute Gasteiger partial charge is 0.233 e. The lowest BCUT2D eigenvalue weighted by Crippen LogP contribution is -2.07. The van der Waals surface area contributed by atoms with Crippen LogP contribution in [0.2, 0.25) is 0 Å². The second kappa shape index (κ2) is 6.14. The van der Waals surface area contributed by atoms with Gasteiger partial charge in [-0.15, -0.1) is 10.2 Å². The molecule has 0 saturated carbocycles. The zero-order chi connectivity index (χ0) is 14.5. The van der Waals surface area contributed by atoms with Crippen molar-refractivity contribution in [3.8, 4) is 11.6 Å². The third-order valence-corrected chi connectivity index (χ3v) is 2.57. The van der Waals surface area contributed by atoms with Crippen molar-refractivity contribution in [2.75, 3.05) is 7.11 Å². The first kappa shape index (κ1) is 14.0. The van der Waals surface area contributed by atoms with E-state index in [0.717, 1.165) is 5.75 Å². The van der Waals surface area contributed by atoms with Crippen molar-refractivity contribution >= 4 is 5.78 Å². The van der Waals surface area contributed by atoms with Crippen LogP contribution < -0.4 is 9.47 Å². The highest BCUT2D eigenvalue weighted by atomic mass is 16.5. The number of nitrogens with zero attached hydrogens (tertiary/aromatic N) is 2. The van der Waals surface area contributed by atoms with E-state index in [4.69, 9.17) is 9.47 Å². The zero-order valence-corrected chi connectivity index (χ0v) is 11.7. The van der Waals surface area contributed by atoms with Crippen LogP contribution in [0.25, 0.3) is 0 Å². The van der Waals surface area contributed by atoms with Crippen molar-refractivity contribution in [3.63, 3.8) is 0 Å². The molecule has 104 valence electrons. The molecule has 0 aliphatic heterocycles. The maximum absolute atomic E-state index is 12.2. The summed E-state index contributed by atoms with van der Waals surface area (Å²) in [6.07, 6.45) is 0.101. The lowest BCUT2D eigenvalue weighted by atomic mass is 10.1. The molecular formula is C15H16N2O3. The SMILES string of the molecule is COc1ccc(C(=O)c2ccc(OC(C)C)cc2)nn1. The van der Waals surface area contributed by atoms with Crippen LogP contribution in [0.15, 0.2) is 36.4 Å². The molecule has 0 saturated heterocycles. The number of aromatic nitrogens is 2. The average molecular weight is 272 g/mol. The molecule has 2 rings (SSSR count). The first-order valence-electron chi connectivity index (χ1n) is 6.29. The van der Waals surface area contributed by atoms with Crippen LogP contribution in [0.4, 0.5) is 0 Å². The van der Waals surface area contributed by atoms with E-state index in [9.17, 15) is 4.79 Å². The summed E-state index contributed by atoms with van der Waals surface area (Å²) in [7, 11) is 1.50. The normalized spacial score (nSPS) is 10.4. The molecule has 1 aromatic carbocycles. The van der Waals surface area contributed by atoms with E-state index < -0.39 is 0 Å². The highest BCUT2D eigenvalue weighted by Gasteiger charge is 2.11. The van der Waals surface area contributed by atoms with E-state index in [2.05, 4.69) is 10.2 Å². The number of benzene rings is 1. The molecule has 0 atom stereocenters. The van der Waals surface area contributed by atoms with E-state index in [0.29, 0.717) is 11.4 Å². The van der Waals surface area contributed by atoms with Gasteiger partial charge in [0.1, 0.15) is 11.4 Å². The molecule has 5 nitrogen and oxygen atoms in total. The lowest BCUT2D eigenvalue weighted by molar-refractivity contribution is 0.103. The van der Waals surface area contributed by atoms with Gasteiger partial charge in [-0.1, -0.05) is 0 Å². The minimum absolute atomic E-state index is 0.101. The van der Waals surface area contributed by atoms with Crippen molar-refractivity contribution in [3.05, 3.63) is 47.7 Å². The van der Waals surface area contributed by atoms with Gasteiger partial charge in [-0.2, -0.15) is 0 Å². The predicted octanol–water partition coefficient (Wildman–Crippen LogP) is 2.50. The third-order valence-electron chi connectivity index (χ3n) is 2.57. The third kappa shape index (κ3) is 3.32. The van der Waals surface area contributed by atoms with Gasteiger partial charge < -0.3 is 9.47 Å². The number of hydrogen-bond acceptors (Lipinski definition) is 5. The second-order valence-corrected chi connectivity index (χ2v) is 4.48. The van der Waals surface area contributed by atoms with Crippen LogP contribution >= 0.6 is 0 Å². The molecule has 1 aromatic heterocycles. The molecule has 0 aliphatic rings. The Balaban J connectivity index is 2.15. The lowest BCUT2D eigenvalue weighted by Gasteiger charge is -2.09. The van der Waals surface area contributed by atoms with Crippen LogP contribution in [-0.2, 0) is 0 Å². The van der Waals surface area contributed by atoms with E-state index in [1.807, 2.05) is 13.8 Å². The van der Waals surface area contributed by atoms with Gasteiger partial charge in [0.05, 0.1) is 13.2 Å². The fourth-order valence-electron chi connectivity index (χ4n) is 1.65. The van der Waals surface area contributed by atoms with Crippen molar-refractivity contribution in [1.29, 1.82) is 0 Å². The first-order valence-corrected chi connectivity index (χ1v) is 6.29. The number of hydrogen-bond donors (Lipinski definition) is 0. The van der Waals surface area contributed by atoms with E-state index in [-0.39, 0.29) is 17.6 Å². The van der Waals surface area contributed by atoms with E-state index in [1.165, 1.54) is 7.11 Å². The maximum atomic E-state index is 12.2. The van der Waals surface area contributed by atoms with E-state index in [1.54, 1.807) is 36.4 Å².